The van der Waals surface area contributed by atoms with Crippen LogP contribution in [0.1, 0.15) is 10.4 Å². The molecular formula is C10H9BrFNO2. The Labute approximate surface area is 94.7 Å². The van der Waals surface area contributed by atoms with Crippen LogP contribution in [0, 0.1) is 5.82 Å². The van der Waals surface area contributed by atoms with Crippen LogP contribution < -0.4 is 5.32 Å². The molecule has 2 N–H and O–H groups in total. The van der Waals surface area contributed by atoms with E-state index in [1.54, 1.807) is 0 Å². The van der Waals surface area contributed by atoms with Gasteiger partial charge in [-0.1, -0.05) is 28.6 Å². The van der Waals surface area contributed by atoms with E-state index in [4.69, 9.17) is 0 Å². The molecule has 1 aromatic rings. The van der Waals surface area contributed by atoms with Crippen LogP contribution in [0.4, 0.5) is 4.39 Å². The van der Waals surface area contributed by atoms with Gasteiger partial charge in [0.1, 0.15) is 17.1 Å². The highest BCUT2D eigenvalue weighted by atomic mass is 79.9. The van der Waals surface area contributed by atoms with Crippen LogP contribution in [0.2, 0.25) is 0 Å². The third kappa shape index (κ3) is 3.06. The molecule has 0 aliphatic rings. The number of carbonyl (C=O) groups excluding carboxylic acids is 1. The summed E-state index contributed by atoms with van der Waals surface area (Å²) in [5, 5.41) is 11.7. The van der Waals surface area contributed by atoms with E-state index in [-0.39, 0.29) is 17.9 Å². The van der Waals surface area contributed by atoms with Gasteiger partial charge < -0.3 is 10.4 Å². The van der Waals surface area contributed by atoms with E-state index in [0.717, 1.165) is 6.07 Å². The number of amides is 1. The number of hydrogen-bond acceptors (Lipinski definition) is 2. The highest BCUT2D eigenvalue weighted by Crippen LogP contribution is 2.19. The van der Waals surface area contributed by atoms with Crippen molar-refractivity contribution in [3.05, 3.63) is 40.6 Å². The molecule has 0 fully saturated rings. The number of nitrogens with one attached hydrogen (secondary N) is 1. The van der Waals surface area contributed by atoms with Gasteiger partial charge in [-0.25, -0.2) is 4.39 Å². The first-order valence-corrected chi connectivity index (χ1v) is 4.90. The lowest BCUT2D eigenvalue weighted by molar-refractivity contribution is 0.0951. The predicted molar refractivity (Wildman–Crippen MR) is 58.5 cm³/mol. The van der Waals surface area contributed by atoms with Gasteiger partial charge in [-0.2, -0.15) is 0 Å². The van der Waals surface area contributed by atoms with Gasteiger partial charge >= 0.3 is 0 Å². The fraction of sp³-hybridized carbons (Fsp3) is 0.100. The van der Waals surface area contributed by atoms with Gasteiger partial charge in [-0.15, -0.1) is 0 Å². The molecule has 0 unspecified atom stereocenters. The van der Waals surface area contributed by atoms with Gasteiger partial charge in [-0.05, 0) is 12.1 Å². The summed E-state index contributed by atoms with van der Waals surface area (Å²) in [6.07, 6.45) is 0. The summed E-state index contributed by atoms with van der Waals surface area (Å²) in [6.45, 7) is 3.68. The summed E-state index contributed by atoms with van der Waals surface area (Å²) < 4.78 is 13.7. The summed E-state index contributed by atoms with van der Waals surface area (Å²) >= 11 is 3.05. The third-order valence-electron chi connectivity index (χ3n) is 1.66. The minimum Gasteiger partial charge on any atom is -0.507 e. The first-order valence-electron chi connectivity index (χ1n) is 4.11. The Morgan fingerprint density at radius 3 is 2.80 bits per heavy atom. The van der Waals surface area contributed by atoms with Gasteiger partial charge in [0.25, 0.3) is 5.91 Å². The van der Waals surface area contributed by atoms with Gasteiger partial charge in [0.05, 0.1) is 0 Å². The lowest BCUT2D eigenvalue weighted by atomic mass is 10.2. The van der Waals surface area contributed by atoms with Crippen molar-refractivity contribution in [2.45, 2.75) is 0 Å². The van der Waals surface area contributed by atoms with Crippen LogP contribution in [0.15, 0.2) is 29.3 Å². The lowest BCUT2D eigenvalue weighted by Gasteiger charge is -2.06. The van der Waals surface area contributed by atoms with Crippen LogP contribution >= 0.6 is 15.9 Å². The zero-order chi connectivity index (χ0) is 11.4. The Balaban J connectivity index is 2.86. The minimum absolute atomic E-state index is 0.173. The highest BCUT2D eigenvalue weighted by Gasteiger charge is 2.15. The number of rotatable bonds is 3. The Morgan fingerprint density at radius 1 is 1.60 bits per heavy atom. The summed E-state index contributed by atoms with van der Waals surface area (Å²) in [5.74, 6) is -1.81. The Hall–Kier alpha value is -1.36. The molecule has 1 amide bonds. The van der Waals surface area contributed by atoms with Crippen molar-refractivity contribution in [3.8, 4) is 5.75 Å². The average molecular weight is 274 g/mol. The summed E-state index contributed by atoms with van der Waals surface area (Å²) in [5.41, 5.74) is -0.355. The number of carbonyl (C=O) groups is 1. The molecular weight excluding hydrogens is 265 g/mol. The van der Waals surface area contributed by atoms with E-state index in [1.807, 2.05) is 0 Å². The average Bonchev–Trinajstić information content (AvgIpc) is 2.14. The fourth-order valence-corrected chi connectivity index (χ4v) is 1.14. The second kappa shape index (κ2) is 4.93. The number of aromatic hydroxyl groups is 1. The van der Waals surface area contributed by atoms with Gasteiger partial charge in [0.2, 0.25) is 0 Å². The maximum atomic E-state index is 13.2. The molecule has 0 bridgehead atoms. The second-order valence-electron chi connectivity index (χ2n) is 2.83. The molecule has 3 nitrogen and oxygen atoms in total. The smallest absolute Gasteiger partial charge is 0.258 e. The molecule has 0 aliphatic heterocycles. The highest BCUT2D eigenvalue weighted by molar-refractivity contribution is 9.11. The SMILES string of the molecule is C=C(Br)CNC(=O)c1c(O)cccc1F. The molecule has 0 radical (unpaired) electrons. The lowest BCUT2D eigenvalue weighted by Crippen LogP contribution is -2.25. The molecule has 5 heteroatoms. The molecule has 0 saturated heterocycles. The number of benzene rings is 1. The molecule has 1 rings (SSSR count). The standard InChI is InChI=1S/C10H9BrFNO2/c1-6(11)5-13-10(15)9-7(12)3-2-4-8(9)14/h2-4,14H,1,5H2,(H,13,15). The monoisotopic (exact) mass is 273 g/mol. The number of phenols is 1. The minimum atomic E-state index is -0.757. The molecule has 1 aromatic carbocycles. The van der Waals surface area contributed by atoms with Crippen molar-refractivity contribution in [3.63, 3.8) is 0 Å². The molecule has 0 heterocycles. The molecule has 80 valence electrons. The summed E-state index contributed by atoms with van der Waals surface area (Å²) in [7, 11) is 0. The molecule has 0 atom stereocenters. The number of halogens is 2. The maximum absolute atomic E-state index is 13.2. The summed E-state index contributed by atoms with van der Waals surface area (Å²) in [6, 6.07) is 3.68. The second-order valence-corrected chi connectivity index (χ2v) is 3.96. The number of hydrogen-bond donors (Lipinski definition) is 2. The number of phenolic OH excluding ortho intramolecular Hbond substituents is 1. The van der Waals surface area contributed by atoms with Crippen molar-refractivity contribution in [1.29, 1.82) is 0 Å². The quantitative estimate of drug-likeness (QED) is 0.887. The van der Waals surface area contributed by atoms with Crippen molar-refractivity contribution >= 4 is 21.8 Å². The Bertz CT molecular complexity index is 386. The molecule has 0 saturated carbocycles. The van der Waals surface area contributed by atoms with Gasteiger partial charge in [-0.3, -0.25) is 4.79 Å². The van der Waals surface area contributed by atoms with Crippen LogP contribution in [0.3, 0.4) is 0 Å². The molecule has 15 heavy (non-hydrogen) atoms. The van der Waals surface area contributed by atoms with E-state index >= 15 is 0 Å². The van der Waals surface area contributed by atoms with Crippen LogP contribution in [0.5, 0.6) is 5.75 Å². The van der Waals surface area contributed by atoms with E-state index in [9.17, 15) is 14.3 Å². The van der Waals surface area contributed by atoms with Crippen LogP contribution in [-0.2, 0) is 0 Å². The van der Waals surface area contributed by atoms with Crippen LogP contribution in [-0.4, -0.2) is 17.6 Å². The van der Waals surface area contributed by atoms with E-state index in [2.05, 4.69) is 27.8 Å². The largest absolute Gasteiger partial charge is 0.507 e. The Kier molecular flexibility index (Phi) is 3.85. The first kappa shape index (κ1) is 11.7. The van der Waals surface area contributed by atoms with Gasteiger partial charge in [0.15, 0.2) is 0 Å². The topological polar surface area (TPSA) is 49.3 Å². The predicted octanol–water partition coefficient (Wildman–Crippen LogP) is 2.17. The zero-order valence-corrected chi connectivity index (χ0v) is 9.34. The van der Waals surface area contributed by atoms with E-state index in [0.29, 0.717) is 4.48 Å². The van der Waals surface area contributed by atoms with Crippen molar-refractivity contribution in [1.82, 2.24) is 5.32 Å². The van der Waals surface area contributed by atoms with Crippen molar-refractivity contribution < 1.29 is 14.3 Å². The molecule has 0 aliphatic carbocycles. The first-order chi connectivity index (χ1) is 7.02. The maximum Gasteiger partial charge on any atom is 0.258 e. The Morgan fingerprint density at radius 2 is 2.27 bits per heavy atom. The van der Waals surface area contributed by atoms with Crippen molar-refractivity contribution in [2.75, 3.05) is 6.54 Å². The zero-order valence-electron chi connectivity index (χ0n) is 7.76. The molecule has 0 aromatic heterocycles. The fourth-order valence-electron chi connectivity index (χ4n) is 1.00. The van der Waals surface area contributed by atoms with Crippen molar-refractivity contribution in [2.24, 2.45) is 0 Å². The summed E-state index contributed by atoms with van der Waals surface area (Å²) in [4.78, 5) is 11.4. The van der Waals surface area contributed by atoms with Crippen LogP contribution in [0.25, 0.3) is 0 Å². The van der Waals surface area contributed by atoms with E-state index < -0.39 is 11.7 Å². The molecule has 0 spiro atoms. The van der Waals surface area contributed by atoms with E-state index in [1.165, 1.54) is 12.1 Å². The van der Waals surface area contributed by atoms with Gasteiger partial charge in [0, 0.05) is 11.0 Å². The third-order valence-corrected chi connectivity index (χ3v) is 1.94. The normalized spacial score (nSPS) is 9.73.